The number of nitrogens with zero attached hydrogens (tertiary/aromatic N) is 3. The van der Waals surface area contributed by atoms with Crippen molar-refractivity contribution >= 4 is 54.5 Å². The van der Waals surface area contributed by atoms with Crippen LogP contribution >= 0.6 is 0 Å². The monoisotopic (exact) mass is 675 g/mol. The molecular formula is C50H33N3. The largest absolute Gasteiger partial charge is 0.316 e. The highest BCUT2D eigenvalue weighted by molar-refractivity contribution is 6.19. The fraction of sp³-hybridized carbons (Fsp3) is 0. The molecule has 3 nitrogen and oxygen atoms in total. The van der Waals surface area contributed by atoms with Crippen LogP contribution in [-0.2, 0) is 0 Å². The Hall–Kier alpha value is -7.10. The minimum absolute atomic E-state index is 1.15. The van der Waals surface area contributed by atoms with Crippen molar-refractivity contribution < 1.29 is 0 Å². The predicted octanol–water partition coefficient (Wildman–Crippen LogP) is 13.2. The van der Waals surface area contributed by atoms with Crippen molar-refractivity contribution in [1.29, 1.82) is 0 Å². The number of hydrogen-bond acceptors (Lipinski definition) is 0. The molecule has 248 valence electrons. The minimum atomic E-state index is 1.15. The fourth-order valence-corrected chi connectivity index (χ4v) is 8.51. The van der Waals surface area contributed by atoms with Gasteiger partial charge in [0.05, 0.1) is 33.3 Å². The summed E-state index contributed by atoms with van der Waals surface area (Å²) in [6.07, 6.45) is 2.20. The van der Waals surface area contributed by atoms with Crippen LogP contribution in [0.3, 0.4) is 0 Å². The normalized spacial score (nSPS) is 11.8. The standard InChI is InChI=1S/C50H33N3/c1-4-14-34(15-5-1)36-24-26-39(35-16-6-2-7-17-35)49(32-36)53-47-23-13-11-21-41(47)44-33-38(25-28-48(44)53)52-46-22-12-10-20-40(46)42-27-29-45-43(50(42)52)30-31-51(45)37-18-8-3-9-19-37/h1-33H. The van der Waals surface area contributed by atoms with E-state index in [-0.39, 0.29) is 0 Å². The van der Waals surface area contributed by atoms with Crippen LogP contribution in [-0.4, -0.2) is 13.7 Å². The van der Waals surface area contributed by atoms with Crippen molar-refractivity contribution in [1.82, 2.24) is 13.7 Å². The summed E-state index contributed by atoms with van der Waals surface area (Å²) in [6.45, 7) is 0. The molecule has 0 saturated heterocycles. The van der Waals surface area contributed by atoms with Crippen LogP contribution in [0.2, 0.25) is 0 Å². The first-order valence-electron chi connectivity index (χ1n) is 18.2. The van der Waals surface area contributed by atoms with Gasteiger partial charge in [-0.1, -0.05) is 133 Å². The summed E-state index contributed by atoms with van der Waals surface area (Å²) >= 11 is 0. The average molecular weight is 676 g/mol. The van der Waals surface area contributed by atoms with E-state index in [2.05, 4.69) is 214 Å². The average Bonchev–Trinajstić information content (AvgIpc) is 3.92. The molecule has 0 atom stereocenters. The number of benzene rings is 8. The summed E-state index contributed by atoms with van der Waals surface area (Å²) in [5.41, 5.74) is 14.2. The lowest BCUT2D eigenvalue weighted by Gasteiger charge is -2.16. The molecule has 0 amide bonds. The summed E-state index contributed by atoms with van der Waals surface area (Å²) in [4.78, 5) is 0. The van der Waals surface area contributed by atoms with Gasteiger partial charge in [0.15, 0.2) is 0 Å². The molecule has 0 aliphatic carbocycles. The number of fused-ring (bicyclic) bond motifs is 8. The van der Waals surface area contributed by atoms with Gasteiger partial charge in [-0.2, -0.15) is 0 Å². The lowest BCUT2D eigenvalue weighted by Crippen LogP contribution is -1.99. The number of para-hydroxylation sites is 3. The van der Waals surface area contributed by atoms with Crippen molar-refractivity contribution in [3.63, 3.8) is 0 Å². The third-order valence-corrected chi connectivity index (χ3v) is 10.9. The van der Waals surface area contributed by atoms with E-state index in [1.54, 1.807) is 0 Å². The first kappa shape index (κ1) is 29.6. The zero-order valence-corrected chi connectivity index (χ0v) is 28.9. The molecule has 0 aliphatic heterocycles. The van der Waals surface area contributed by atoms with Crippen LogP contribution in [0.15, 0.2) is 200 Å². The number of aromatic nitrogens is 3. The molecular weight excluding hydrogens is 643 g/mol. The summed E-state index contributed by atoms with van der Waals surface area (Å²) in [5, 5.41) is 6.20. The molecule has 0 N–H and O–H groups in total. The smallest absolute Gasteiger partial charge is 0.0635 e. The van der Waals surface area contributed by atoms with Crippen molar-refractivity contribution in [3.05, 3.63) is 200 Å². The highest BCUT2D eigenvalue weighted by atomic mass is 15.0. The minimum Gasteiger partial charge on any atom is -0.316 e. The van der Waals surface area contributed by atoms with E-state index in [1.807, 2.05) is 0 Å². The van der Waals surface area contributed by atoms with Crippen LogP contribution in [0, 0.1) is 0 Å². The molecule has 0 aliphatic rings. The van der Waals surface area contributed by atoms with E-state index in [9.17, 15) is 0 Å². The van der Waals surface area contributed by atoms with Crippen molar-refractivity contribution in [2.75, 3.05) is 0 Å². The Balaban J connectivity index is 1.19. The maximum absolute atomic E-state index is 2.47. The maximum Gasteiger partial charge on any atom is 0.0635 e. The van der Waals surface area contributed by atoms with Gasteiger partial charge in [-0.15, -0.1) is 0 Å². The molecule has 8 aromatic carbocycles. The Morgan fingerprint density at radius 1 is 0.302 bits per heavy atom. The quantitative estimate of drug-likeness (QED) is 0.172. The van der Waals surface area contributed by atoms with Gasteiger partial charge in [-0.05, 0) is 77.4 Å². The van der Waals surface area contributed by atoms with Gasteiger partial charge in [-0.25, -0.2) is 0 Å². The van der Waals surface area contributed by atoms with Gasteiger partial charge in [-0.3, -0.25) is 0 Å². The van der Waals surface area contributed by atoms with E-state index in [1.165, 1.54) is 76.8 Å². The zero-order chi connectivity index (χ0) is 34.9. The summed E-state index contributed by atoms with van der Waals surface area (Å²) in [7, 11) is 0. The van der Waals surface area contributed by atoms with Crippen LogP contribution < -0.4 is 0 Å². The zero-order valence-electron chi connectivity index (χ0n) is 28.9. The number of rotatable bonds is 5. The first-order chi connectivity index (χ1) is 26.3. The molecule has 3 heterocycles. The molecule has 3 aromatic heterocycles. The third-order valence-electron chi connectivity index (χ3n) is 10.9. The van der Waals surface area contributed by atoms with E-state index >= 15 is 0 Å². The van der Waals surface area contributed by atoms with Crippen LogP contribution in [0.25, 0.3) is 93.8 Å². The fourth-order valence-electron chi connectivity index (χ4n) is 8.51. The summed E-state index contributed by atoms with van der Waals surface area (Å²) < 4.78 is 7.23. The van der Waals surface area contributed by atoms with E-state index in [0.717, 1.165) is 17.1 Å². The van der Waals surface area contributed by atoms with Crippen LogP contribution in [0.4, 0.5) is 0 Å². The summed E-state index contributed by atoms with van der Waals surface area (Å²) in [5.74, 6) is 0. The Morgan fingerprint density at radius 3 is 1.66 bits per heavy atom. The third kappa shape index (κ3) is 4.54. The van der Waals surface area contributed by atoms with Gasteiger partial charge < -0.3 is 13.7 Å². The summed E-state index contributed by atoms with van der Waals surface area (Å²) in [6, 6.07) is 70.5. The molecule has 0 bridgehead atoms. The molecule has 0 fully saturated rings. The van der Waals surface area contributed by atoms with Crippen molar-refractivity contribution in [2.45, 2.75) is 0 Å². The molecule has 3 heteroatoms. The van der Waals surface area contributed by atoms with Gasteiger partial charge in [0.2, 0.25) is 0 Å². The topological polar surface area (TPSA) is 14.8 Å². The molecule has 11 rings (SSSR count). The molecule has 0 radical (unpaired) electrons. The molecule has 0 unspecified atom stereocenters. The Kier molecular flexibility index (Phi) is 6.55. The lowest BCUT2D eigenvalue weighted by atomic mass is 9.98. The van der Waals surface area contributed by atoms with Crippen molar-refractivity contribution in [3.8, 4) is 39.3 Å². The van der Waals surface area contributed by atoms with E-state index < -0.39 is 0 Å². The Bertz CT molecular complexity index is 3150. The Morgan fingerprint density at radius 2 is 0.906 bits per heavy atom. The van der Waals surface area contributed by atoms with Crippen LogP contribution in [0.5, 0.6) is 0 Å². The van der Waals surface area contributed by atoms with Gasteiger partial charge in [0.25, 0.3) is 0 Å². The maximum atomic E-state index is 2.47. The second kappa shape index (κ2) is 11.7. The number of hydrogen-bond donors (Lipinski definition) is 0. The second-order valence-electron chi connectivity index (χ2n) is 13.8. The van der Waals surface area contributed by atoms with Gasteiger partial charge >= 0.3 is 0 Å². The van der Waals surface area contributed by atoms with Gasteiger partial charge in [0, 0.05) is 50.1 Å². The van der Waals surface area contributed by atoms with E-state index in [4.69, 9.17) is 0 Å². The highest BCUT2D eigenvalue weighted by Crippen LogP contribution is 2.41. The first-order valence-corrected chi connectivity index (χ1v) is 18.2. The van der Waals surface area contributed by atoms with Gasteiger partial charge in [0.1, 0.15) is 0 Å². The lowest BCUT2D eigenvalue weighted by molar-refractivity contribution is 1.13. The molecule has 53 heavy (non-hydrogen) atoms. The van der Waals surface area contributed by atoms with Crippen molar-refractivity contribution in [2.24, 2.45) is 0 Å². The molecule has 11 aromatic rings. The SMILES string of the molecule is c1ccc(-c2ccc(-c3ccccc3)c(-n3c4ccccc4c4cc(-n5c6ccccc6c6ccc7c(ccn7-c7ccccc7)c65)ccc43)c2)cc1. The molecule has 0 saturated carbocycles. The van der Waals surface area contributed by atoms with Crippen LogP contribution in [0.1, 0.15) is 0 Å². The second-order valence-corrected chi connectivity index (χ2v) is 13.8. The molecule has 0 spiro atoms. The predicted molar refractivity (Wildman–Crippen MR) is 223 cm³/mol. The Labute approximate surface area is 306 Å². The highest BCUT2D eigenvalue weighted by Gasteiger charge is 2.20. The van der Waals surface area contributed by atoms with E-state index in [0.29, 0.717) is 0 Å².